The van der Waals surface area contributed by atoms with Crippen LogP contribution in [0.15, 0.2) is 164 Å². The number of fused-ring (bicyclic) bond motifs is 5. The Kier molecular flexibility index (Phi) is 39.2. The average Bonchev–Trinajstić information content (AvgIpc) is 1.79. The second-order valence-corrected chi connectivity index (χ2v) is 36.1. The van der Waals surface area contributed by atoms with Gasteiger partial charge in [0.1, 0.15) is 51.1 Å². The van der Waals surface area contributed by atoms with Gasteiger partial charge in [0.05, 0.1) is 105 Å². The van der Waals surface area contributed by atoms with Crippen molar-refractivity contribution >= 4 is 99.6 Å². The number of benzene rings is 5. The largest absolute Gasteiger partial charge is 0.391 e. The van der Waals surface area contributed by atoms with Gasteiger partial charge in [0.25, 0.3) is 0 Å². The van der Waals surface area contributed by atoms with Crippen LogP contribution in [0.3, 0.4) is 0 Å². The zero-order chi connectivity index (χ0) is 99.6. The molecule has 0 saturated heterocycles. The molecule has 28 nitrogen and oxygen atoms in total. The molecule has 138 heavy (non-hydrogen) atoms. The number of ether oxygens (including phenoxy) is 3. The number of hydrogen-bond donors (Lipinski definition) is 7. The van der Waals surface area contributed by atoms with Crippen molar-refractivity contribution in [3.8, 4) is 11.3 Å². The molecule has 0 spiro atoms. The molecular formula is C107H132BClIN19O9. The van der Waals surface area contributed by atoms with Crippen LogP contribution in [-0.4, -0.2) is 154 Å². The first-order chi connectivity index (χ1) is 66.4. The van der Waals surface area contributed by atoms with Crippen LogP contribution in [-0.2, 0) is 130 Å². The van der Waals surface area contributed by atoms with Gasteiger partial charge in [-0.25, -0.2) is 39.9 Å². The van der Waals surface area contributed by atoms with Gasteiger partial charge in [-0.2, -0.15) is 0 Å². The Morgan fingerprint density at radius 1 is 0.399 bits per heavy atom. The van der Waals surface area contributed by atoms with E-state index in [1.807, 2.05) is 163 Å². The van der Waals surface area contributed by atoms with E-state index < -0.39 is 6.10 Å². The molecule has 5 aliphatic rings. The number of pyridine rings is 2. The van der Waals surface area contributed by atoms with E-state index in [4.69, 9.17) is 61.4 Å². The topological polar surface area (TPSA) is 372 Å². The predicted molar refractivity (Wildman–Crippen MR) is 555 cm³/mol. The van der Waals surface area contributed by atoms with Crippen molar-refractivity contribution in [2.75, 3.05) is 59.3 Å². The number of aromatic nitrogens is 12. The maximum Gasteiger partial charge on any atom is 0.0773 e. The molecule has 0 aliphatic heterocycles. The standard InChI is InChI=1S/C27H33N5O2.C19H22IN3O2.C19H23N3O2.C17H21N3O.C9H11NO.C8H11BN2O.C8H11ClN2/c1-7-21-25(19-13-14-24(32(5)6)28-16(19)3)29-22(8-2)27(30-21)31-26-20-12-10-9-11-18(20)15-23(26)34-17(4)33;1-4-14-18(20)21-15(5-2)19(22-14)23-17-13-9-7-6-8-12(13)10-16(17)25-11(3)24;1-4-14-11-20-16(5-2)19(21-14)22-18-15-9-7-6-8-13(15)10-17(18)24-12(3)23;1-3-12-10-18-14(4-2)17(19-12)20-16-13-8-6-5-7-11(13)9-15(16)21;10-9-7-4-2-1-3-6(7)5-8(9)11;1-6-7(9-12)4-5-8(10-6)11(2)3;1-3-6-5-10-7(4-2)8(9)11-6/h9-14,23,26H,7-8,15H2,1-6H3,(H,30,31);6-9,16-17H,4-5,10H2,1-3H3,(H,22,23);6-9,11,17-18H,4-5,10H2,1-3H3,(H,21,22);5-8,10,15-16,21H,3-4,9H2,1-2H3,(H,19,20);1-4,8-9,11H,5,10H2;4-5H,1-3H3;5H,3-4H2,1-2H3/t23-,26+;16-,17+;17-,18+;15-,16+;8-,9+;;/m00000../s1. The monoisotopic (exact) mass is 2000 g/mol. The summed E-state index contributed by atoms with van der Waals surface area (Å²) in [5.41, 5.74) is 31.0. The zero-order valence-corrected chi connectivity index (χ0v) is 85.8. The van der Waals surface area contributed by atoms with Crippen LogP contribution in [0.1, 0.15) is 244 Å². The van der Waals surface area contributed by atoms with Gasteiger partial charge in [-0.1, -0.05) is 202 Å². The van der Waals surface area contributed by atoms with Crippen LogP contribution in [0, 0.1) is 17.5 Å². The van der Waals surface area contributed by atoms with Gasteiger partial charge in [-0.05, 0) is 161 Å². The molecule has 8 N–H and O–H groups in total. The first kappa shape index (κ1) is 106. The van der Waals surface area contributed by atoms with Gasteiger partial charge >= 0.3 is 89.8 Å². The van der Waals surface area contributed by atoms with Crippen molar-refractivity contribution < 1.29 is 43.5 Å². The molecule has 5 aromatic carbocycles. The number of carbonyl (C=O) groups excluding carboxylic acids is 3. The van der Waals surface area contributed by atoms with Gasteiger partial charge in [0.15, 0.2) is 5.15 Å². The van der Waals surface area contributed by atoms with Crippen LogP contribution < -0.4 is 42.3 Å². The van der Waals surface area contributed by atoms with E-state index in [9.17, 15) is 29.3 Å². The fourth-order valence-corrected chi connectivity index (χ4v) is 18.4. The molecule has 12 aromatic rings. The minimum absolute atomic E-state index is 0.100. The van der Waals surface area contributed by atoms with E-state index in [0.717, 1.165) is 224 Å². The molecule has 17 rings (SSSR count). The van der Waals surface area contributed by atoms with Crippen LogP contribution in [0.2, 0.25) is 5.15 Å². The van der Waals surface area contributed by atoms with Crippen LogP contribution in [0.25, 0.3) is 11.3 Å². The maximum absolute atomic E-state index is 11.8. The third-order valence-corrected chi connectivity index (χ3v) is 25.9. The van der Waals surface area contributed by atoms with Gasteiger partial charge in [-0.15, -0.1) is 0 Å². The molecule has 10 atom stereocenters. The van der Waals surface area contributed by atoms with Gasteiger partial charge < -0.3 is 56.3 Å². The summed E-state index contributed by atoms with van der Waals surface area (Å²) in [6.45, 7) is 28.8. The number of rotatable bonds is 25. The van der Waals surface area contributed by atoms with E-state index in [2.05, 4.69) is 184 Å². The van der Waals surface area contributed by atoms with Gasteiger partial charge in [0.2, 0.25) is 0 Å². The normalized spacial score (nSPS) is 17.8. The summed E-state index contributed by atoms with van der Waals surface area (Å²) < 4.78 is 28.2. The molecule has 0 radical (unpaired) electrons. The Labute approximate surface area is 831 Å². The van der Waals surface area contributed by atoms with Crippen molar-refractivity contribution in [2.45, 2.75) is 261 Å². The number of hydrogen-bond acceptors (Lipinski definition) is 28. The Morgan fingerprint density at radius 3 is 1.12 bits per heavy atom. The Morgan fingerprint density at radius 2 is 0.739 bits per heavy atom. The first-order valence-electron chi connectivity index (χ1n) is 47.9. The molecule has 31 heteroatoms. The molecule has 7 heterocycles. The first-order valence-corrected chi connectivity index (χ1v) is 49.4. The molecule has 0 fully saturated rings. The van der Waals surface area contributed by atoms with E-state index in [1.165, 1.54) is 48.6 Å². The summed E-state index contributed by atoms with van der Waals surface area (Å²) in [5.74, 6) is 4.12. The number of halogens is 2. The number of aliphatic hydroxyl groups excluding tert-OH is 2. The number of nitrogens with two attached hydrogens (primary N) is 1. The second kappa shape index (κ2) is 50.9. The van der Waals surface area contributed by atoms with Crippen molar-refractivity contribution in [3.05, 3.63) is 297 Å². The predicted octanol–water partition coefficient (Wildman–Crippen LogP) is 17.4. The van der Waals surface area contributed by atoms with E-state index >= 15 is 0 Å². The van der Waals surface area contributed by atoms with Crippen molar-refractivity contribution in [1.82, 2.24) is 59.8 Å². The number of anilines is 6. The second-order valence-electron chi connectivity index (χ2n) is 34.7. The van der Waals surface area contributed by atoms with Crippen molar-refractivity contribution in [1.29, 1.82) is 0 Å². The van der Waals surface area contributed by atoms with Crippen LogP contribution in [0.5, 0.6) is 0 Å². The number of carbonyl (C=O) groups is 3. The molecule has 7 aromatic heterocycles. The number of nitrogens with zero attached hydrogens (tertiary/aromatic N) is 14. The van der Waals surface area contributed by atoms with Crippen molar-refractivity contribution in [3.63, 3.8) is 0 Å². The summed E-state index contributed by atoms with van der Waals surface area (Å²) in [4.78, 5) is 94.0. The number of esters is 3. The minimum Gasteiger partial charge on any atom is -0.391 e. The van der Waals surface area contributed by atoms with Crippen molar-refractivity contribution in [2.24, 2.45) is 5.73 Å². The summed E-state index contributed by atoms with van der Waals surface area (Å²) in [7, 11) is 8.63. The number of nitrogens with one attached hydrogen (secondary N) is 4. The van der Waals surface area contributed by atoms with E-state index in [-0.39, 0.29) is 72.5 Å². The number of aliphatic hydroxyl groups is 2. The Balaban J connectivity index is 0.000000160. The quantitative estimate of drug-likeness (QED) is 0.0121. The minimum atomic E-state index is -0.417. The third-order valence-electron chi connectivity index (χ3n) is 24.7. The Hall–Kier alpha value is -12.2. The van der Waals surface area contributed by atoms with Crippen LogP contribution >= 0.6 is 34.2 Å². The summed E-state index contributed by atoms with van der Waals surface area (Å²) in [6.07, 6.45) is 15.6. The smallest absolute Gasteiger partial charge is 0.0773 e. The van der Waals surface area contributed by atoms with Crippen LogP contribution in [0.4, 0.5) is 34.9 Å². The van der Waals surface area contributed by atoms with Gasteiger partial charge in [0, 0.05) is 96.8 Å². The van der Waals surface area contributed by atoms with E-state index in [1.54, 1.807) is 12.3 Å². The molecule has 5 aliphatic carbocycles. The Bertz CT molecular complexity index is 6180. The summed E-state index contributed by atoms with van der Waals surface area (Å²) in [5, 5.41) is 34.3. The average molecular weight is 2000 g/mol. The summed E-state index contributed by atoms with van der Waals surface area (Å²) in [6, 6.07) is 47.8. The molecule has 0 unspecified atom stereocenters. The zero-order valence-electron chi connectivity index (χ0n) is 82.9. The third kappa shape index (κ3) is 27.2. The maximum atomic E-state index is 11.8. The van der Waals surface area contributed by atoms with Gasteiger partial charge in [-0.3, -0.25) is 29.3 Å². The molecule has 0 amide bonds. The molecule has 726 valence electrons. The number of aryl methyl sites for hydroxylation is 12. The molecule has 0 saturated carbocycles. The molecular weight excluding hydrogens is 1870 g/mol. The fourth-order valence-electron chi connectivity index (χ4n) is 17.3. The van der Waals surface area contributed by atoms with E-state index in [0.29, 0.717) is 36.3 Å². The summed E-state index contributed by atoms with van der Waals surface area (Å²) >= 11 is 8.07. The fraction of sp³-hybridized carbons (Fsp3) is 0.411. The molecule has 0 bridgehead atoms. The SMILES string of the molecule is CCc1cnc(CC)c(Cl)n1.CCc1cnc(CC)c(N[C@@H]2c3ccccc3C[C@@H]2O)n1.CCc1cnc(CC)c(N[C@@H]2c3ccccc3C[C@@H]2OC(C)=O)n1.CCc1nc(-c2ccc(N(C)C)nc2C)c(CC)nc1N[C@@H]1c2ccccc2C[C@@H]1OC(C)=O.CCc1nc(N[C@@H]2c3ccccc3C[C@@H]2OC(C)=O)c(CC)nc1I.Cc1nc(N(C)C)ccc1B=O.N[C@@H]1c2ccccc2C[C@@H]1O.